The lowest BCUT2D eigenvalue weighted by atomic mass is 9.92. The van der Waals surface area contributed by atoms with E-state index in [2.05, 4.69) is 15.0 Å². The summed E-state index contributed by atoms with van der Waals surface area (Å²) in [5, 5.41) is 2.26. The molecule has 0 aliphatic heterocycles. The van der Waals surface area contributed by atoms with Gasteiger partial charge in [0.05, 0.1) is 15.7 Å². The molecule has 0 radical (unpaired) electrons. The quantitative estimate of drug-likeness (QED) is 0.121. The van der Waals surface area contributed by atoms with Gasteiger partial charge in [-0.3, -0.25) is 14.1 Å². The third kappa shape index (κ3) is 7.11. The molecule has 13 heteroatoms. The van der Waals surface area contributed by atoms with Crippen molar-refractivity contribution in [1.29, 1.82) is 0 Å². The number of amides is 1. The molecule has 0 saturated carbocycles. The molecule has 1 amide bonds. The Bertz CT molecular complexity index is 1690. The van der Waals surface area contributed by atoms with E-state index < -0.39 is 22.8 Å². The molecule has 0 aliphatic carbocycles. The number of benzene rings is 3. The van der Waals surface area contributed by atoms with Crippen LogP contribution in [0.5, 0.6) is 0 Å². The van der Waals surface area contributed by atoms with Crippen LogP contribution in [-0.2, 0) is 31.0 Å². The van der Waals surface area contributed by atoms with Gasteiger partial charge in [0.1, 0.15) is 0 Å². The highest BCUT2D eigenvalue weighted by molar-refractivity contribution is 7.93. The van der Waals surface area contributed by atoms with Gasteiger partial charge < -0.3 is 15.1 Å². The van der Waals surface area contributed by atoms with Gasteiger partial charge in [0.15, 0.2) is 5.13 Å². The highest BCUT2D eigenvalue weighted by atomic mass is 35.5. The van der Waals surface area contributed by atoms with Crippen molar-refractivity contribution in [2.45, 2.75) is 49.6 Å². The molecule has 42 heavy (non-hydrogen) atoms. The third-order valence-corrected chi connectivity index (χ3v) is 11.9. The Morgan fingerprint density at radius 3 is 2.17 bits per heavy atom. The van der Waals surface area contributed by atoms with E-state index in [1.807, 2.05) is 0 Å². The standard InChI is InChI=1S/C29H31ClN3O6PS2/c1-3-29(4-2,40(35,36)37)21-12-16-23(17-13-21)31-26(34)19-18-25-27(20-10-14-22(30)15-11-20)32-28(41-25)33-42(38,39)24-8-6-5-7-9-24/h5-17H,3-4,18-19H2,1-2H3,(H,31,34)(H,32,33)(H2,35,36,37). The molecule has 4 rings (SSSR count). The molecule has 222 valence electrons. The maximum Gasteiger partial charge on any atom is 0.335 e. The van der Waals surface area contributed by atoms with E-state index >= 15 is 0 Å². The Morgan fingerprint density at radius 1 is 0.976 bits per heavy atom. The Morgan fingerprint density at radius 2 is 1.60 bits per heavy atom. The summed E-state index contributed by atoms with van der Waals surface area (Å²) in [6.07, 6.45) is 0.924. The lowest BCUT2D eigenvalue weighted by Crippen LogP contribution is -2.24. The van der Waals surface area contributed by atoms with Gasteiger partial charge in [0.25, 0.3) is 10.0 Å². The minimum atomic E-state index is -4.42. The maximum absolute atomic E-state index is 12.9. The molecular formula is C29H31ClN3O6PS2. The zero-order valence-electron chi connectivity index (χ0n) is 23.0. The Labute approximate surface area is 254 Å². The first-order valence-electron chi connectivity index (χ1n) is 13.2. The van der Waals surface area contributed by atoms with Crippen molar-refractivity contribution in [3.05, 3.63) is 94.3 Å². The van der Waals surface area contributed by atoms with Crippen LogP contribution < -0.4 is 10.0 Å². The first-order chi connectivity index (χ1) is 19.9. The van der Waals surface area contributed by atoms with Gasteiger partial charge in [-0.1, -0.05) is 67.9 Å². The van der Waals surface area contributed by atoms with Crippen molar-refractivity contribution in [2.75, 3.05) is 10.0 Å². The number of thiazole rings is 1. The fourth-order valence-corrected chi connectivity index (χ4v) is 8.40. The summed E-state index contributed by atoms with van der Waals surface area (Å²) in [4.78, 5) is 38.2. The number of hydrogen-bond donors (Lipinski definition) is 4. The van der Waals surface area contributed by atoms with Crippen molar-refractivity contribution in [3.63, 3.8) is 0 Å². The molecule has 0 unspecified atom stereocenters. The highest BCUT2D eigenvalue weighted by Gasteiger charge is 2.45. The molecule has 0 aliphatic rings. The second kappa shape index (κ2) is 13.1. The predicted molar refractivity (Wildman–Crippen MR) is 168 cm³/mol. The summed E-state index contributed by atoms with van der Waals surface area (Å²) >= 11 is 7.20. The number of sulfonamides is 1. The van der Waals surface area contributed by atoms with Crippen LogP contribution in [-0.4, -0.2) is 29.1 Å². The number of anilines is 2. The van der Waals surface area contributed by atoms with Crippen LogP contribution in [0.3, 0.4) is 0 Å². The van der Waals surface area contributed by atoms with Crippen LogP contribution in [0.1, 0.15) is 43.6 Å². The average molecular weight is 648 g/mol. The minimum Gasteiger partial charge on any atom is -0.326 e. The lowest BCUT2D eigenvalue weighted by molar-refractivity contribution is -0.116. The monoisotopic (exact) mass is 647 g/mol. The van der Waals surface area contributed by atoms with Gasteiger partial charge in [-0.05, 0) is 61.2 Å². The zero-order chi connectivity index (χ0) is 30.5. The Kier molecular flexibility index (Phi) is 9.92. The predicted octanol–water partition coefficient (Wildman–Crippen LogP) is 7.03. The van der Waals surface area contributed by atoms with Crippen molar-refractivity contribution >= 4 is 57.3 Å². The van der Waals surface area contributed by atoms with Crippen LogP contribution >= 0.6 is 30.5 Å². The molecule has 0 bridgehead atoms. The van der Waals surface area contributed by atoms with E-state index in [9.17, 15) is 27.6 Å². The van der Waals surface area contributed by atoms with E-state index in [1.54, 1.807) is 80.6 Å². The first kappa shape index (κ1) is 31.9. The average Bonchev–Trinajstić information content (AvgIpc) is 3.35. The number of rotatable bonds is 12. The van der Waals surface area contributed by atoms with Crippen molar-refractivity contribution in [2.24, 2.45) is 0 Å². The lowest BCUT2D eigenvalue weighted by Gasteiger charge is -2.33. The van der Waals surface area contributed by atoms with E-state index in [0.29, 0.717) is 33.3 Å². The minimum absolute atomic E-state index is 0.0890. The topological polar surface area (TPSA) is 146 Å². The van der Waals surface area contributed by atoms with Crippen LogP contribution in [0.2, 0.25) is 5.02 Å². The molecule has 0 spiro atoms. The van der Waals surface area contributed by atoms with E-state index in [4.69, 9.17) is 11.6 Å². The molecule has 0 fully saturated rings. The van der Waals surface area contributed by atoms with Gasteiger partial charge in [-0.2, -0.15) is 0 Å². The molecule has 4 aromatic rings. The summed E-state index contributed by atoms with van der Waals surface area (Å²) in [6.45, 7) is 3.49. The smallest absolute Gasteiger partial charge is 0.326 e. The summed E-state index contributed by atoms with van der Waals surface area (Å²) in [5.74, 6) is -0.281. The van der Waals surface area contributed by atoms with Gasteiger partial charge in [0, 0.05) is 27.6 Å². The van der Waals surface area contributed by atoms with E-state index in [0.717, 1.165) is 16.9 Å². The van der Waals surface area contributed by atoms with Crippen LogP contribution in [0.4, 0.5) is 10.8 Å². The second-order valence-corrected chi connectivity index (χ2v) is 14.8. The molecule has 0 atom stereocenters. The number of nitrogens with one attached hydrogen (secondary N) is 2. The zero-order valence-corrected chi connectivity index (χ0v) is 26.2. The number of halogens is 1. The first-order valence-corrected chi connectivity index (χ1v) is 17.5. The van der Waals surface area contributed by atoms with Crippen molar-refractivity contribution in [1.82, 2.24) is 4.98 Å². The number of carbonyl (C=O) groups is 1. The van der Waals surface area contributed by atoms with Crippen LogP contribution in [0.15, 0.2) is 83.8 Å². The number of aryl methyl sites for hydroxylation is 1. The van der Waals surface area contributed by atoms with E-state index in [-0.39, 0.29) is 35.2 Å². The molecule has 3 aromatic carbocycles. The summed E-state index contributed by atoms with van der Waals surface area (Å²) in [5.41, 5.74) is 2.29. The Hall–Kier alpha value is -3.05. The fraction of sp³-hybridized carbons (Fsp3) is 0.241. The largest absolute Gasteiger partial charge is 0.335 e. The number of carbonyl (C=O) groups excluding carboxylic acids is 1. The summed E-state index contributed by atoms with van der Waals surface area (Å²) < 4.78 is 40.6. The molecule has 1 aromatic heterocycles. The van der Waals surface area contributed by atoms with Crippen LogP contribution in [0.25, 0.3) is 11.3 Å². The van der Waals surface area contributed by atoms with Crippen molar-refractivity contribution in [3.8, 4) is 11.3 Å². The van der Waals surface area contributed by atoms with E-state index in [1.165, 1.54) is 12.1 Å². The normalized spacial score (nSPS) is 12.2. The second-order valence-electron chi connectivity index (χ2n) is 9.62. The molecule has 9 nitrogen and oxygen atoms in total. The Balaban J connectivity index is 1.51. The summed E-state index contributed by atoms with van der Waals surface area (Å²) in [7, 11) is -8.28. The van der Waals surface area contributed by atoms with Gasteiger partial charge in [0.2, 0.25) is 5.91 Å². The highest BCUT2D eigenvalue weighted by Crippen LogP contribution is 2.60. The SMILES string of the molecule is CCC(CC)(c1ccc(NC(=O)CCc2sc(NS(=O)(=O)c3ccccc3)nc2-c2ccc(Cl)cc2)cc1)P(=O)(O)O. The van der Waals surface area contributed by atoms with Crippen molar-refractivity contribution < 1.29 is 27.6 Å². The third-order valence-electron chi connectivity index (χ3n) is 7.10. The van der Waals surface area contributed by atoms with Gasteiger partial charge >= 0.3 is 7.60 Å². The van der Waals surface area contributed by atoms with Crippen LogP contribution in [0, 0.1) is 0 Å². The molecule has 1 heterocycles. The number of aromatic nitrogens is 1. The number of hydrogen-bond acceptors (Lipinski definition) is 6. The van der Waals surface area contributed by atoms with Gasteiger partial charge in [-0.15, -0.1) is 11.3 Å². The number of nitrogens with zero attached hydrogens (tertiary/aromatic N) is 1. The molecular weight excluding hydrogens is 617 g/mol. The molecule has 0 saturated heterocycles. The molecule has 4 N–H and O–H groups in total. The fourth-order valence-electron chi connectivity index (χ4n) is 4.72. The maximum atomic E-state index is 12.9. The summed E-state index contributed by atoms with van der Waals surface area (Å²) in [6, 6.07) is 21.5. The van der Waals surface area contributed by atoms with Gasteiger partial charge in [-0.25, -0.2) is 13.4 Å².